The van der Waals surface area contributed by atoms with E-state index in [1.165, 1.54) is 26.3 Å². The lowest BCUT2D eigenvalue weighted by Gasteiger charge is -2.10. The van der Waals surface area contributed by atoms with Gasteiger partial charge in [0.05, 0.1) is 7.11 Å². The summed E-state index contributed by atoms with van der Waals surface area (Å²) in [6.07, 6.45) is 1.28. The summed E-state index contributed by atoms with van der Waals surface area (Å²) in [5.74, 6) is -2.30. The van der Waals surface area contributed by atoms with E-state index in [4.69, 9.17) is 9.84 Å². The fraction of sp³-hybridized carbons (Fsp3) is 0.300. The number of rotatable bonds is 4. The van der Waals surface area contributed by atoms with Crippen LogP contribution in [0.1, 0.15) is 17.4 Å². The van der Waals surface area contributed by atoms with Gasteiger partial charge in [-0.15, -0.1) is 0 Å². The molecule has 1 aromatic rings. The number of pyridine rings is 1. The predicted octanol–water partition coefficient (Wildman–Crippen LogP) is -0.00130. The van der Waals surface area contributed by atoms with Crippen molar-refractivity contribution in [1.29, 1.82) is 0 Å². The molecule has 1 amide bonds. The summed E-state index contributed by atoms with van der Waals surface area (Å²) in [6.45, 7) is 1.30. The summed E-state index contributed by atoms with van der Waals surface area (Å²) in [6, 6.07) is 0.308. The Labute approximate surface area is 97.1 Å². The highest BCUT2D eigenvalue weighted by Crippen LogP contribution is 2.27. The van der Waals surface area contributed by atoms with Crippen molar-refractivity contribution >= 4 is 11.9 Å². The number of aromatic hydroxyl groups is 1. The number of aliphatic carboxylic acids is 1. The molecule has 92 valence electrons. The van der Waals surface area contributed by atoms with E-state index in [-0.39, 0.29) is 11.4 Å². The van der Waals surface area contributed by atoms with Crippen LogP contribution < -0.4 is 10.1 Å². The molecular weight excluding hydrogens is 228 g/mol. The zero-order chi connectivity index (χ0) is 13.0. The van der Waals surface area contributed by atoms with Crippen LogP contribution in [0.2, 0.25) is 0 Å². The van der Waals surface area contributed by atoms with Crippen molar-refractivity contribution in [2.75, 3.05) is 7.11 Å². The molecule has 1 aromatic heterocycles. The minimum Gasteiger partial charge on any atom is -0.503 e. The van der Waals surface area contributed by atoms with Crippen molar-refractivity contribution < 1.29 is 24.5 Å². The average Bonchev–Trinajstić information content (AvgIpc) is 2.28. The molecule has 7 nitrogen and oxygen atoms in total. The molecule has 0 saturated carbocycles. The van der Waals surface area contributed by atoms with E-state index in [9.17, 15) is 14.7 Å². The highest BCUT2D eigenvalue weighted by Gasteiger charge is 2.20. The molecule has 1 atom stereocenters. The molecule has 1 rings (SSSR count). The number of aromatic nitrogens is 1. The van der Waals surface area contributed by atoms with Crippen molar-refractivity contribution in [2.24, 2.45) is 0 Å². The number of amides is 1. The number of ether oxygens (including phenoxy) is 1. The fourth-order valence-electron chi connectivity index (χ4n) is 1.09. The van der Waals surface area contributed by atoms with Gasteiger partial charge < -0.3 is 20.3 Å². The number of nitrogens with one attached hydrogen (secondary N) is 1. The van der Waals surface area contributed by atoms with Gasteiger partial charge in [0.25, 0.3) is 5.91 Å². The van der Waals surface area contributed by atoms with Crippen molar-refractivity contribution in [3.63, 3.8) is 0 Å². The van der Waals surface area contributed by atoms with Crippen LogP contribution in [0.4, 0.5) is 0 Å². The molecule has 0 saturated heterocycles. The second-order valence-corrected chi connectivity index (χ2v) is 3.24. The number of nitrogens with zero attached hydrogens (tertiary/aromatic N) is 1. The lowest BCUT2D eigenvalue weighted by Crippen LogP contribution is -2.38. The number of hydrogen-bond acceptors (Lipinski definition) is 5. The van der Waals surface area contributed by atoms with Gasteiger partial charge in [-0.2, -0.15) is 0 Å². The van der Waals surface area contributed by atoms with E-state index < -0.39 is 23.7 Å². The first-order chi connectivity index (χ1) is 7.97. The third-order valence-electron chi connectivity index (χ3n) is 2.04. The maximum atomic E-state index is 11.6. The molecule has 0 unspecified atom stereocenters. The van der Waals surface area contributed by atoms with Gasteiger partial charge in [-0.3, -0.25) is 9.59 Å². The summed E-state index contributed by atoms with van der Waals surface area (Å²) in [5.41, 5.74) is -0.280. The smallest absolute Gasteiger partial charge is 0.325 e. The molecule has 0 aliphatic heterocycles. The molecule has 0 aliphatic carbocycles. The lowest BCUT2D eigenvalue weighted by molar-refractivity contribution is -0.138. The summed E-state index contributed by atoms with van der Waals surface area (Å²) >= 11 is 0. The van der Waals surface area contributed by atoms with E-state index in [1.807, 2.05) is 0 Å². The second kappa shape index (κ2) is 5.15. The van der Waals surface area contributed by atoms with Crippen molar-refractivity contribution in [2.45, 2.75) is 13.0 Å². The Morgan fingerprint density at radius 1 is 1.53 bits per heavy atom. The normalized spacial score (nSPS) is 11.6. The Bertz CT molecular complexity index is 446. The number of hydrogen-bond donors (Lipinski definition) is 3. The van der Waals surface area contributed by atoms with Crippen LogP contribution in [0.5, 0.6) is 11.5 Å². The van der Waals surface area contributed by atoms with Gasteiger partial charge >= 0.3 is 5.97 Å². The van der Waals surface area contributed by atoms with Gasteiger partial charge in [-0.1, -0.05) is 0 Å². The van der Waals surface area contributed by atoms with E-state index in [2.05, 4.69) is 10.3 Å². The van der Waals surface area contributed by atoms with Crippen molar-refractivity contribution in [3.05, 3.63) is 18.0 Å². The largest absolute Gasteiger partial charge is 0.503 e. The fourth-order valence-corrected chi connectivity index (χ4v) is 1.09. The van der Waals surface area contributed by atoms with Gasteiger partial charge in [-0.25, -0.2) is 4.98 Å². The standard InChI is InChI=1S/C10H12N2O5/c1-5(10(15)16)12-9(14)7-8(13)6(17-2)3-4-11-7/h3-5,13H,1-2H3,(H,12,14)(H,15,16)/t5-/m0/s1. The van der Waals surface area contributed by atoms with Gasteiger partial charge in [0.1, 0.15) is 6.04 Å². The first-order valence-electron chi connectivity index (χ1n) is 4.73. The van der Waals surface area contributed by atoms with Crippen LogP contribution in [0.25, 0.3) is 0 Å². The minimum atomic E-state index is -1.18. The highest BCUT2D eigenvalue weighted by atomic mass is 16.5. The molecule has 1 heterocycles. The first-order valence-corrected chi connectivity index (χ1v) is 4.73. The average molecular weight is 240 g/mol. The van der Waals surface area contributed by atoms with Crippen LogP contribution in [-0.2, 0) is 4.79 Å². The topological polar surface area (TPSA) is 109 Å². The molecular formula is C10H12N2O5. The molecule has 7 heteroatoms. The Balaban J connectivity index is 2.93. The maximum Gasteiger partial charge on any atom is 0.325 e. The molecule has 3 N–H and O–H groups in total. The van der Waals surface area contributed by atoms with Crippen LogP contribution in [0.3, 0.4) is 0 Å². The molecule has 0 aliphatic rings. The van der Waals surface area contributed by atoms with Gasteiger partial charge in [0, 0.05) is 12.3 Å². The number of carbonyl (C=O) groups is 2. The monoisotopic (exact) mass is 240 g/mol. The van der Waals surface area contributed by atoms with Crippen LogP contribution in [-0.4, -0.2) is 40.2 Å². The zero-order valence-electron chi connectivity index (χ0n) is 9.30. The Hall–Kier alpha value is -2.31. The van der Waals surface area contributed by atoms with Gasteiger partial charge in [-0.05, 0) is 6.92 Å². The summed E-state index contributed by atoms with van der Waals surface area (Å²) < 4.78 is 4.80. The van der Waals surface area contributed by atoms with Gasteiger partial charge in [0.2, 0.25) is 0 Å². The van der Waals surface area contributed by atoms with E-state index in [1.54, 1.807) is 0 Å². The molecule has 17 heavy (non-hydrogen) atoms. The Morgan fingerprint density at radius 2 is 2.18 bits per heavy atom. The molecule has 0 fully saturated rings. The second-order valence-electron chi connectivity index (χ2n) is 3.24. The number of carbonyl (C=O) groups excluding carboxylic acids is 1. The first kappa shape index (κ1) is 12.8. The van der Waals surface area contributed by atoms with E-state index >= 15 is 0 Å². The van der Waals surface area contributed by atoms with E-state index in [0.29, 0.717) is 0 Å². The molecule has 0 bridgehead atoms. The SMILES string of the molecule is COc1ccnc(C(=O)N[C@@H](C)C(=O)O)c1O. The lowest BCUT2D eigenvalue weighted by atomic mass is 10.2. The quantitative estimate of drug-likeness (QED) is 0.683. The summed E-state index contributed by atoms with van der Waals surface area (Å²) in [7, 11) is 1.33. The highest BCUT2D eigenvalue weighted by molar-refractivity contribution is 5.97. The maximum absolute atomic E-state index is 11.6. The molecule has 0 aromatic carbocycles. The Morgan fingerprint density at radius 3 is 2.71 bits per heavy atom. The number of carboxylic acids is 1. The third-order valence-corrected chi connectivity index (χ3v) is 2.04. The molecule has 0 spiro atoms. The van der Waals surface area contributed by atoms with Crippen LogP contribution >= 0.6 is 0 Å². The summed E-state index contributed by atoms with van der Waals surface area (Å²) in [5, 5.41) is 20.4. The predicted molar refractivity (Wildman–Crippen MR) is 57.0 cm³/mol. The Kier molecular flexibility index (Phi) is 3.86. The number of methoxy groups -OCH3 is 1. The van der Waals surface area contributed by atoms with Gasteiger partial charge in [0.15, 0.2) is 17.2 Å². The van der Waals surface area contributed by atoms with Crippen LogP contribution in [0, 0.1) is 0 Å². The van der Waals surface area contributed by atoms with Crippen molar-refractivity contribution in [1.82, 2.24) is 10.3 Å². The van der Waals surface area contributed by atoms with E-state index in [0.717, 1.165) is 0 Å². The number of carboxylic acid groups (broad SMARTS) is 1. The third kappa shape index (κ3) is 2.83. The summed E-state index contributed by atoms with van der Waals surface area (Å²) in [4.78, 5) is 25.8. The minimum absolute atomic E-state index is 0.0909. The van der Waals surface area contributed by atoms with Crippen molar-refractivity contribution in [3.8, 4) is 11.5 Å². The van der Waals surface area contributed by atoms with Crippen LogP contribution in [0.15, 0.2) is 12.3 Å². The zero-order valence-corrected chi connectivity index (χ0v) is 9.30. The molecule has 0 radical (unpaired) electrons.